The fraction of sp³-hybridized carbons (Fsp3) is 0.353. The molecule has 0 bridgehead atoms. The molecule has 0 atom stereocenters. The SMILES string of the molecule is CNC(=O)c1c(-c2ccc(F)cc2)oc2cc(CS(=O)(=O)NCc3cc(C(=O)O)c(B4OC(C)(C)C(C)(C)O4)cc3F)c(C3CC3)cc12. The Morgan fingerprint density at radius 2 is 1.62 bits per heavy atom. The van der Waals surface area contributed by atoms with Gasteiger partial charge in [0.1, 0.15) is 23.0 Å². The van der Waals surface area contributed by atoms with Crippen molar-refractivity contribution in [2.45, 2.75) is 70.0 Å². The number of carboxylic acids is 1. The molecule has 2 heterocycles. The number of benzene rings is 3. The fourth-order valence-electron chi connectivity index (χ4n) is 5.82. The zero-order chi connectivity index (χ0) is 34.8. The molecule has 1 saturated carbocycles. The molecular formula is C34H35BF2N2O8S. The monoisotopic (exact) mass is 680 g/mol. The number of rotatable bonds is 10. The van der Waals surface area contributed by atoms with E-state index >= 15 is 4.39 Å². The summed E-state index contributed by atoms with van der Waals surface area (Å²) in [6, 6.07) is 10.9. The van der Waals surface area contributed by atoms with Crippen LogP contribution in [-0.4, -0.2) is 50.8 Å². The van der Waals surface area contributed by atoms with Crippen molar-refractivity contribution in [1.29, 1.82) is 0 Å². The van der Waals surface area contributed by atoms with E-state index in [2.05, 4.69) is 10.0 Å². The number of sulfonamides is 1. The van der Waals surface area contributed by atoms with Gasteiger partial charge in [-0.05, 0) is 112 Å². The van der Waals surface area contributed by atoms with E-state index in [9.17, 15) is 27.5 Å². The number of carboxylic acid groups (broad SMARTS) is 1. The normalized spacial score (nSPS) is 17.2. The molecule has 3 aromatic carbocycles. The van der Waals surface area contributed by atoms with Crippen molar-refractivity contribution in [3.63, 3.8) is 0 Å². The van der Waals surface area contributed by atoms with Crippen LogP contribution in [0.3, 0.4) is 0 Å². The molecule has 1 saturated heterocycles. The Hall–Kier alpha value is -4.11. The summed E-state index contributed by atoms with van der Waals surface area (Å²) >= 11 is 0. The molecule has 0 spiro atoms. The number of aromatic carboxylic acids is 1. The van der Waals surface area contributed by atoms with E-state index in [1.165, 1.54) is 31.3 Å². The number of carbonyl (C=O) groups excluding carboxylic acids is 1. The molecule has 6 rings (SSSR count). The Labute approximate surface area is 277 Å². The van der Waals surface area contributed by atoms with Crippen molar-refractivity contribution in [3.8, 4) is 11.3 Å². The highest BCUT2D eigenvalue weighted by atomic mass is 32.2. The molecule has 0 radical (unpaired) electrons. The van der Waals surface area contributed by atoms with Gasteiger partial charge in [-0.15, -0.1) is 0 Å². The Morgan fingerprint density at radius 3 is 2.21 bits per heavy atom. The maximum absolute atomic E-state index is 15.4. The molecule has 48 heavy (non-hydrogen) atoms. The molecule has 10 nitrogen and oxygen atoms in total. The van der Waals surface area contributed by atoms with Crippen molar-refractivity contribution in [2.75, 3.05) is 7.05 Å². The number of furan rings is 1. The second kappa shape index (κ2) is 12.1. The molecular weight excluding hydrogens is 645 g/mol. The van der Waals surface area contributed by atoms with Gasteiger partial charge in [0.15, 0.2) is 0 Å². The van der Waals surface area contributed by atoms with Crippen LogP contribution < -0.4 is 15.5 Å². The highest BCUT2D eigenvalue weighted by molar-refractivity contribution is 7.88. The molecule has 1 amide bonds. The van der Waals surface area contributed by atoms with Gasteiger partial charge in [0.05, 0.1) is 28.1 Å². The first-order valence-corrected chi connectivity index (χ1v) is 17.1. The summed E-state index contributed by atoms with van der Waals surface area (Å²) in [7, 11) is -3.74. The summed E-state index contributed by atoms with van der Waals surface area (Å²) in [6.07, 6.45) is 1.67. The van der Waals surface area contributed by atoms with Crippen molar-refractivity contribution in [3.05, 3.63) is 88.0 Å². The van der Waals surface area contributed by atoms with Crippen LogP contribution in [0, 0.1) is 11.6 Å². The Kier molecular flexibility index (Phi) is 8.51. The number of hydrogen-bond acceptors (Lipinski definition) is 7. The summed E-state index contributed by atoms with van der Waals surface area (Å²) in [5.74, 6) is -3.21. The van der Waals surface area contributed by atoms with Crippen molar-refractivity contribution < 1.29 is 45.6 Å². The van der Waals surface area contributed by atoms with E-state index in [-0.39, 0.29) is 39.4 Å². The van der Waals surface area contributed by atoms with Gasteiger partial charge in [-0.25, -0.2) is 26.7 Å². The van der Waals surface area contributed by atoms with E-state index in [1.54, 1.807) is 39.8 Å². The fourth-order valence-corrected chi connectivity index (χ4v) is 6.96. The molecule has 3 N–H and O–H groups in total. The summed E-state index contributed by atoms with van der Waals surface area (Å²) in [6.45, 7) is 6.65. The number of fused-ring (bicyclic) bond motifs is 1. The number of nitrogens with one attached hydrogen (secondary N) is 2. The third kappa shape index (κ3) is 6.37. The average molecular weight is 681 g/mol. The Balaban J connectivity index is 1.29. The van der Waals surface area contributed by atoms with Crippen LogP contribution in [0.4, 0.5) is 8.78 Å². The van der Waals surface area contributed by atoms with Crippen LogP contribution in [-0.2, 0) is 31.6 Å². The molecule has 2 fully saturated rings. The molecule has 4 aromatic rings. The lowest BCUT2D eigenvalue weighted by Crippen LogP contribution is -2.41. The van der Waals surface area contributed by atoms with Gasteiger partial charge in [-0.3, -0.25) is 4.79 Å². The third-order valence-corrected chi connectivity index (χ3v) is 10.6. The Bertz CT molecular complexity index is 2040. The quantitative estimate of drug-likeness (QED) is 0.193. The largest absolute Gasteiger partial charge is 0.495 e. The number of carbonyl (C=O) groups is 2. The standard InChI is InChI=1S/C34H35BF2N2O8S/c1-33(2)34(3,4)47-35(46-33)26-15-27(37)20(12-24(26)32(41)42)16-39-48(43,44)17-21-13-28-25(14-23(21)18-6-7-18)29(31(40)38-5)30(45-28)19-8-10-22(36)11-9-19/h8-15,18,39H,6-7,16-17H2,1-5H3,(H,38,40)(H,41,42). The summed E-state index contributed by atoms with van der Waals surface area (Å²) < 4.78 is 76.2. The van der Waals surface area contributed by atoms with Crippen LogP contribution in [0.15, 0.2) is 52.9 Å². The minimum Gasteiger partial charge on any atom is -0.478 e. The average Bonchev–Trinajstić information content (AvgIpc) is 3.74. The van der Waals surface area contributed by atoms with Gasteiger partial charge in [0, 0.05) is 30.1 Å². The highest BCUT2D eigenvalue weighted by Crippen LogP contribution is 2.45. The van der Waals surface area contributed by atoms with E-state index in [1.807, 2.05) is 0 Å². The molecule has 1 aromatic heterocycles. The first-order valence-electron chi connectivity index (χ1n) is 15.5. The zero-order valence-electron chi connectivity index (χ0n) is 27.1. The summed E-state index contributed by atoms with van der Waals surface area (Å²) in [5, 5.41) is 13.0. The lowest BCUT2D eigenvalue weighted by Gasteiger charge is -2.32. The highest BCUT2D eigenvalue weighted by Gasteiger charge is 2.52. The van der Waals surface area contributed by atoms with E-state index < -0.39 is 64.2 Å². The van der Waals surface area contributed by atoms with Gasteiger partial charge < -0.3 is 24.1 Å². The van der Waals surface area contributed by atoms with Gasteiger partial charge in [-0.1, -0.05) is 0 Å². The van der Waals surface area contributed by atoms with Crippen LogP contribution >= 0.6 is 0 Å². The number of amides is 1. The van der Waals surface area contributed by atoms with Gasteiger partial charge in [0.25, 0.3) is 5.91 Å². The molecule has 14 heteroatoms. The van der Waals surface area contributed by atoms with Crippen LogP contribution in [0.25, 0.3) is 22.3 Å². The second-order valence-electron chi connectivity index (χ2n) is 13.2. The van der Waals surface area contributed by atoms with E-state index in [0.29, 0.717) is 16.5 Å². The summed E-state index contributed by atoms with van der Waals surface area (Å²) in [5.41, 5.74) is 0.167. The van der Waals surface area contributed by atoms with E-state index in [0.717, 1.165) is 30.5 Å². The minimum absolute atomic E-state index is 0.0118. The Morgan fingerprint density at radius 1 is 0.979 bits per heavy atom. The third-order valence-electron chi connectivity index (χ3n) is 9.31. The smallest absolute Gasteiger partial charge is 0.478 e. The second-order valence-corrected chi connectivity index (χ2v) is 15.0. The van der Waals surface area contributed by atoms with Gasteiger partial charge in [0.2, 0.25) is 10.0 Å². The maximum atomic E-state index is 15.4. The van der Waals surface area contributed by atoms with Crippen LogP contribution in [0.2, 0.25) is 0 Å². The van der Waals surface area contributed by atoms with Crippen molar-refractivity contribution >= 4 is 45.5 Å². The summed E-state index contributed by atoms with van der Waals surface area (Å²) in [4.78, 5) is 25.2. The molecule has 1 aliphatic heterocycles. The van der Waals surface area contributed by atoms with Crippen molar-refractivity contribution in [2.24, 2.45) is 0 Å². The first-order chi connectivity index (χ1) is 22.5. The van der Waals surface area contributed by atoms with Gasteiger partial charge >= 0.3 is 13.1 Å². The lowest BCUT2D eigenvalue weighted by molar-refractivity contribution is 0.00578. The topological polar surface area (TPSA) is 144 Å². The molecule has 2 aliphatic rings. The minimum atomic E-state index is -4.09. The van der Waals surface area contributed by atoms with Crippen LogP contribution in [0.1, 0.15) is 83.9 Å². The van der Waals surface area contributed by atoms with Gasteiger partial charge in [-0.2, -0.15) is 0 Å². The first kappa shape index (κ1) is 33.8. The predicted octanol–water partition coefficient (Wildman–Crippen LogP) is 5.23. The van der Waals surface area contributed by atoms with E-state index in [4.69, 9.17) is 13.7 Å². The maximum Gasteiger partial charge on any atom is 0.495 e. The number of halogens is 2. The lowest BCUT2D eigenvalue weighted by atomic mass is 9.75. The molecule has 0 unspecified atom stereocenters. The van der Waals surface area contributed by atoms with Crippen molar-refractivity contribution in [1.82, 2.24) is 10.0 Å². The number of hydrogen-bond donors (Lipinski definition) is 3. The van der Waals surface area contributed by atoms with Crippen LogP contribution in [0.5, 0.6) is 0 Å². The predicted molar refractivity (Wildman–Crippen MR) is 176 cm³/mol. The zero-order valence-corrected chi connectivity index (χ0v) is 27.9. The molecule has 252 valence electrons. The molecule has 1 aliphatic carbocycles.